The molecule has 20 heavy (non-hydrogen) atoms. The maximum Gasteiger partial charge on any atom is 0.0877 e. The van der Waals surface area contributed by atoms with Crippen molar-refractivity contribution in [3.63, 3.8) is 0 Å². The molecule has 0 unspecified atom stereocenters. The van der Waals surface area contributed by atoms with E-state index in [9.17, 15) is 0 Å². The minimum atomic E-state index is 0.667. The summed E-state index contributed by atoms with van der Waals surface area (Å²) in [5.74, 6) is 0. The Kier molecular flexibility index (Phi) is 3.20. The Bertz CT molecular complexity index is 712. The van der Waals surface area contributed by atoms with Crippen molar-refractivity contribution < 1.29 is 0 Å². The molecule has 1 aromatic carbocycles. The summed E-state index contributed by atoms with van der Waals surface area (Å²) in [7, 11) is 1.88. The van der Waals surface area contributed by atoms with Gasteiger partial charge < -0.3 is 5.32 Å². The SMILES string of the molecule is Cc1ccn(-c2ccccc2NCc2cnnn2C)n1. The van der Waals surface area contributed by atoms with Crippen molar-refractivity contribution in [1.82, 2.24) is 24.8 Å². The number of hydrogen-bond donors (Lipinski definition) is 1. The second-order valence-corrected chi connectivity index (χ2v) is 4.62. The van der Waals surface area contributed by atoms with Crippen LogP contribution < -0.4 is 5.32 Å². The second kappa shape index (κ2) is 5.16. The maximum absolute atomic E-state index is 4.45. The average Bonchev–Trinajstić information content (AvgIpc) is 3.06. The first-order valence-corrected chi connectivity index (χ1v) is 6.43. The van der Waals surface area contributed by atoms with Gasteiger partial charge in [0.15, 0.2) is 0 Å². The number of rotatable bonds is 4. The van der Waals surface area contributed by atoms with Gasteiger partial charge >= 0.3 is 0 Å². The van der Waals surface area contributed by atoms with Crippen LogP contribution in [0.5, 0.6) is 0 Å². The van der Waals surface area contributed by atoms with Gasteiger partial charge in [-0.1, -0.05) is 17.3 Å². The van der Waals surface area contributed by atoms with E-state index in [1.165, 1.54) is 0 Å². The highest BCUT2D eigenvalue weighted by Crippen LogP contribution is 2.20. The summed E-state index contributed by atoms with van der Waals surface area (Å²) in [4.78, 5) is 0. The molecule has 0 amide bonds. The number of benzene rings is 1. The standard InChI is InChI=1S/C14H16N6/c1-11-7-8-20(17-11)14-6-4-3-5-13(14)15-9-12-10-16-18-19(12)2/h3-8,10,15H,9H2,1-2H3. The highest BCUT2D eigenvalue weighted by molar-refractivity contribution is 5.60. The van der Waals surface area contributed by atoms with E-state index in [1.54, 1.807) is 10.9 Å². The molecule has 0 fully saturated rings. The third-order valence-corrected chi connectivity index (χ3v) is 3.14. The summed E-state index contributed by atoms with van der Waals surface area (Å²) in [6, 6.07) is 10.1. The molecule has 6 heteroatoms. The second-order valence-electron chi connectivity index (χ2n) is 4.62. The van der Waals surface area contributed by atoms with E-state index >= 15 is 0 Å². The molecule has 0 bridgehead atoms. The lowest BCUT2D eigenvalue weighted by Gasteiger charge is -2.11. The highest BCUT2D eigenvalue weighted by Gasteiger charge is 2.06. The first-order valence-electron chi connectivity index (χ1n) is 6.43. The lowest BCUT2D eigenvalue weighted by atomic mass is 10.2. The van der Waals surface area contributed by atoms with Crippen molar-refractivity contribution in [3.05, 3.63) is 54.1 Å². The van der Waals surface area contributed by atoms with Crippen molar-refractivity contribution in [1.29, 1.82) is 0 Å². The number of nitrogens with one attached hydrogen (secondary N) is 1. The van der Waals surface area contributed by atoms with E-state index in [0.717, 1.165) is 22.8 Å². The number of aryl methyl sites for hydroxylation is 2. The molecule has 0 aliphatic carbocycles. The van der Waals surface area contributed by atoms with Crippen LogP contribution in [0.4, 0.5) is 5.69 Å². The topological polar surface area (TPSA) is 60.6 Å². The van der Waals surface area contributed by atoms with Crippen LogP contribution in [0.1, 0.15) is 11.4 Å². The quantitative estimate of drug-likeness (QED) is 0.785. The van der Waals surface area contributed by atoms with Gasteiger partial charge in [0.25, 0.3) is 0 Å². The molecule has 3 aromatic rings. The minimum Gasteiger partial charge on any atom is -0.378 e. The Morgan fingerprint density at radius 2 is 2.05 bits per heavy atom. The zero-order chi connectivity index (χ0) is 13.9. The third-order valence-electron chi connectivity index (χ3n) is 3.14. The molecule has 0 atom stereocenters. The van der Waals surface area contributed by atoms with Gasteiger partial charge in [0.2, 0.25) is 0 Å². The summed E-state index contributed by atoms with van der Waals surface area (Å²) in [5.41, 5.74) is 4.07. The van der Waals surface area contributed by atoms with Crippen LogP contribution >= 0.6 is 0 Å². The Hall–Kier alpha value is -2.63. The highest BCUT2D eigenvalue weighted by atomic mass is 15.4. The molecule has 0 aliphatic rings. The number of para-hydroxylation sites is 2. The Balaban J connectivity index is 1.85. The Morgan fingerprint density at radius 3 is 2.75 bits per heavy atom. The van der Waals surface area contributed by atoms with Gasteiger partial charge in [0.1, 0.15) is 0 Å². The average molecular weight is 268 g/mol. The predicted octanol–water partition coefficient (Wildman–Crippen LogP) is 1.92. The van der Waals surface area contributed by atoms with Gasteiger partial charge in [-0.15, -0.1) is 5.10 Å². The molecule has 3 rings (SSSR count). The third kappa shape index (κ3) is 2.40. The van der Waals surface area contributed by atoms with Crippen LogP contribution in [0.3, 0.4) is 0 Å². The monoisotopic (exact) mass is 268 g/mol. The number of nitrogens with zero attached hydrogens (tertiary/aromatic N) is 5. The number of aromatic nitrogens is 5. The van der Waals surface area contributed by atoms with Crippen LogP contribution in [-0.4, -0.2) is 24.8 Å². The van der Waals surface area contributed by atoms with Crippen molar-refractivity contribution >= 4 is 5.69 Å². The van der Waals surface area contributed by atoms with Gasteiger partial charge in [0, 0.05) is 13.2 Å². The molecule has 2 heterocycles. The lowest BCUT2D eigenvalue weighted by molar-refractivity contribution is 0.683. The predicted molar refractivity (Wildman–Crippen MR) is 76.6 cm³/mol. The zero-order valence-electron chi connectivity index (χ0n) is 11.5. The van der Waals surface area contributed by atoms with Crippen molar-refractivity contribution in [2.24, 2.45) is 7.05 Å². The normalized spacial score (nSPS) is 10.7. The molecule has 0 radical (unpaired) electrons. The van der Waals surface area contributed by atoms with Gasteiger partial charge in [-0.05, 0) is 25.1 Å². The Morgan fingerprint density at radius 1 is 1.20 bits per heavy atom. The van der Waals surface area contributed by atoms with Crippen LogP contribution in [0.2, 0.25) is 0 Å². The number of anilines is 1. The molecule has 2 aromatic heterocycles. The van der Waals surface area contributed by atoms with Gasteiger partial charge in [-0.3, -0.25) is 4.68 Å². The minimum absolute atomic E-state index is 0.667. The first kappa shape index (κ1) is 12.4. The van der Waals surface area contributed by atoms with Crippen molar-refractivity contribution in [2.45, 2.75) is 13.5 Å². The van der Waals surface area contributed by atoms with E-state index in [0.29, 0.717) is 6.54 Å². The molecular weight excluding hydrogens is 252 g/mol. The van der Waals surface area contributed by atoms with E-state index in [1.807, 2.05) is 55.2 Å². The van der Waals surface area contributed by atoms with Gasteiger partial charge in [0.05, 0.1) is 35.5 Å². The van der Waals surface area contributed by atoms with Gasteiger partial charge in [-0.25, -0.2) is 4.68 Å². The smallest absolute Gasteiger partial charge is 0.0877 e. The summed E-state index contributed by atoms with van der Waals surface area (Å²) in [6.45, 7) is 2.65. The summed E-state index contributed by atoms with van der Waals surface area (Å²) in [6.07, 6.45) is 3.72. The molecule has 102 valence electrons. The maximum atomic E-state index is 4.45. The fourth-order valence-corrected chi connectivity index (χ4v) is 2.03. The lowest BCUT2D eigenvalue weighted by Crippen LogP contribution is -2.08. The van der Waals surface area contributed by atoms with E-state index < -0.39 is 0 Å². The number of hydrogen-bond acceptors (Lipinski definition) is 4. The van der Waals surface area contributed by atoms with Crippen LogP contribution in [0, 0.1) is 6.92 Å². The van der Waals surface area contributed by atoms with E-state index in [4.69, 9.17) is 0 Å². The largest absolute Gasteiger partial charge is 0.378 e. The van der Waals surface area contributed by atoms with E-state index in [-0.39, 0.29) is 0 Å². The van der Waals surface area contributed by atoms with Crippen molar-refractivity contribution in [2.75, 3.05) is 5.32 Å². The zero-order valence-corrected chi connectivity index (χ0v) is 11.5. The van der Waals surface area contributed by atoms with E-state index in [2.05, 4.69) is 20.7 Å². The van der Waals surface area contributed by atoms with Crippen LogP contribution in [-0.2, 0) is 13.6 Å². The van der Waals surface area contributed by atoms with Crippen molar-refractivity contribution in [3.8, 4) is 5.69 Å². The first-order chi connectivity index (χ1) is 9.74. The summed E-state index contributed by atoms with van der Waals surface area (Å²) < 4.78 is 3.63. The van der Waals surface area contributed by atoms with Crippen LogP contribution in [0.25, 0.3) is 5.69 Å². The van der Waals surface area contributed by atoms with Crippen LogP contribution in [0.15, 0.2) is 42.7 Å². The summed E-state index contributed by atoms with van der Waals surface area (Å²) >= 11 is 0. The fraction of sp³-hybridized carbons (Fsp3) is 0.214. The Labute approximate surface area is 117 Å². The molecule has 1 N–H and O–H groups in total. The molecule has 0 aliphatic heterocycles. The fourth-order valence-electron chi connectivity index (χ4n) is 2.03. The van der Waals surface area contributed by atoms with Gasteiger partial charge in [-0.2, -0.15) is 5.10 Å². The molecule has 0 saturated heterocycles. The molecule has 6 nitrogen and oxygen atoms in total. The molecular formula is C14H16N6. The molecule has 0 saturated carbocycles. The summed E-state index contributed by atoms with van der Waals surface area (Å²) in [5, 5.41) is 15.6. The molecule has 0 spiro atoms.